The van der Waals surface area contributed by atoms with Crippen LogP contribution >= 0.6 is 0 Å². The SMILES string of the molecule is FC(F)(F)c1cnc(C(F)(F)F)nn1. The smallest absolute Gasteiger partial charge is 0.229 e. The fraction of sp³-hybridized carbons (Fsp3) is 0.400. The Bertz CT molecular complexity index is 279. The van der Waals surface area contributed by atoms with Crippen molar-refractivity contribution in [3.05, 3.63) is 17.7 Å². The predicted molar refractivity (Wildman–Crippen MR) is 29.8 cm³/mol. The van der Waals surface area contributed by atoms with Gasteiger partial charge in [0.25, 0.3) is 5.82 Å². The molecule has 78 valence electrons. The van der Waals surface area contributed by atoms with E-state index >= 15 is 0 Å². The highest BCUT2D eigenvalue weighted by atomic mass is 19.4. The van der Waals surface area contributed by atoms with E-state index in [0.717, 1.165) is 0 Å². The number of hydrogen-bond acceptors (Lipinski definition) is 3. The van der Waals surface area contributed by atoms with Crippen molar-refractivity contribution in [1.82, 2.24) is 15.2 Å². The average Bonchev–Trinajstić information content (AvgIpc) is 2.01. The molecule has 1 aromatic rings. The van der Waals surface area contributed by atoms with E-state index in [0.29, 0.717) is 0 Å². The van der Waals surface area contributed by atoms with Crippen LogP contribution in [0.3, 0.4) is 0 Å². The number of alkyl halides is 6. The molecule has 3 nitrogen and oxygen atoms in total. The summed E-state index contributed by atoms with van der Waals surface area (Å²) in [7, 11) is 0. The van der Waals surface area contributed by atoms with E-state index in [9.17, 15) is 26.3 Å². The second-order valence-electron chi connectivity index (χ2n) is 2.16. The van der Waals surface area contributed by atoms with Crippen molar-refractivity contribution in [2.24, 2.45) is 0 Å². The third kappa shape index (κ3) is 2.30. The number of nitrogens with zero attached hydrogens (tertiary/aromatic N) is 3. The normalized spacial score (nSPS) is 13.0. The van der Waals surface area contributed by atoms with Gasteiger partial charge in [0.05, 0.1) is 6.20 Å². The van der Waals surface area contributed by atoms with Gasteiger partial charge in [-0.1, -0.05) is 0 Å². The fourth-order valence-corrected chi connectivity index (χ4v) is 0.535. The molecule has 0 amide bonds. The molecular formula is C5HF6N3. The second-order valence-corrected chi connectivity index (χ2v) is 2.16. The molecule has 0 saturated carbocycles. The van der Waals surface area contributed by atoms with E-state index < -0.39 is 23.9 Å². The molecule has 1 heterocycles. The summed E-state index contributed by atoms with van der Waals surface area (Å²) in [5.41, 5.74) is -1.56. The van der Waals surface area contributed by atoms with Crippen LogP contribution in [0.25, 0.3) is 0 Å². The van der Waals surface area contributed by atoms with Gasteiger partial charge in [-0.3, -0.25) is 0 Å². The Labute approximate surface area is 72.8 Å². The summed E-state index contributed by atoms with van der Waals surface area (Å²) in [5, 5.41) is 4.67. The first-order valence-corrected chi connectivity index (χ1v) is 3.05. The van der Waals surface area contributed by atoms with E-state index in [1.54, 1.807) is 0 Å². The molecule has 0 saturated heterocycles. The summed E-state index contributed by atoms with van der Waals surface area (Å²) in [6, 6.07) is 0. The molecular weight excluding hydrogens is 216 g/mol. The van der Waals surface area contributed by atoms with Crippen LogP contribution in [0, 0.1) is 0 Å². The van der Waals surface area contributed by atoms with Gasteiger partial charge in [-0.15, -0.1) is 10.2 Å². The molecule has 14 heavy (non-hydrogen) atoms. The summed E-state index contributed by atoms with van der Waals surface area (Å²) in [4.78, 5) is 2.50. The highest BCUT2D eigenvalue weighted by Crippen LogP contribution is 2.28. The highest BCUT2D eigenvalue weighted by molar-refractivity contribution is 5.00. The first kappa shape index (κ1) is 10.7. The van der Waals surface area contributed by atoms with Crippen LogP contribution in [0.2, 0.25) is 0 Å². The molecule has 9 heteroatoms. The molecule has 0 radical (unpaired) electrons. The van der Waals surface area contributed by atoms with Crippen molar-refractivity contribution < 1.29 is 26.3 Å². The number of halogens is 6. The van der Waals surface area contributed by atoms with Crippen molar-refractivity contribution in [2.45, 2.75) is 12.4 Å². The lowest BCUT2D eigenvalue weighted by molar-refractivity contribution is -0.151. The number of aromatic nitrogens is 3. The van der Waals surface area contributed by atoms with Crippen molar-refractivity contribution >= 4 is 0 Å². The Morgan fingerprint density at radius 2 is 1.43 bits per heavy atom. The Hall–Kier alpha value is -1.41. The summed E-state index contributed by atoms with van der Waals surface area (Å²) in [6.45, 7) is 0. The van der Waals surface area contributed by atoms with Crippen LogP contribution in [0.5, 0.6) is 0 Å². The van der Waals surface area contributed by atoms with Crippen LogP contribution in [-0.4, -0.2) is 15.2 Å². The minimum Gasteiger partial charge on any atom is -0.229 e. The summed E-state index contributed by atoms with van der Waals surface area (Å²) >= 11 is 0. The van der Waals surface area contributed by atoms with Crippen LogP contribution in [0.15, 0.2) is 6.20 Å². The molecule has 1 rings (SSSR count). The van der Waals surface area contributed by atoms with Gasteiger partial charge in [-0.25, -0.2) is 4.98 Å². The lowest BCUT2D eigenvalue weighted by Gasteiger charge is -2.05. The standard InChI is InChI=1S/C5HF6N3/c6-4(7,8)2-1-12-3(14-13-2)5(9,10)11/h1H. The Balaban J connectivity index is 3.02. The van der Waals surface area contributed by atoms with Gasteiger partial charge in [0.1, 0.15) is 0 Å². The van der Waals surface area contributed by atoms with Crippen molar-refractivity contribution in [2.75, 3.05) is 0 Å². The zero-order chi connectivity index (χ0) is 11.0. The number of rotatable bonds is 0. The lowest BCUT2D eigenvalue weighted by Crippen LogP contribution is -2.16. The van der Waals surface area contributed by atoms with Crippen molar-refractivity contribution in [3.8, 4) is 0 Å². The van der Waals surface area contributed by atoms with Crippen LogP contribution in [0.4, 0.5) is 26.3 Å². The van der Waals surface area contributed by atoms with Gasteiger partial charge < -0.3 is 0 Å². The maximum atomic E-state index is 11.8. The molecule has 1 aromatic heterocycles. The fourth-order valence-electron chi connectivity index (χ4n) is 0.535. The zero-order valence-corrected chi connectivity index (χ0v) is 6.19. The van der Waals surface area contributed by atoms with Gasteiger partial charge in [0.15, 0.2) is 5.69 Å². The Morgan fingerprint density at radius 3 is 1.71 bits per heavy atom. The quantitative estimate of drug-likeness (QED) is 0.623. The minimum atomic E-state index is -4.89. The number of hydrogen-bond donors (Lipinski definition) is 0. The maximum absolute atomic E-state index is 11.8. The molecule has 0 N–H and O–H groups in total. The first-order valence-electron chi connectivity index (χ1n) is 3.05. The molecule has 0 aromatic carbocycles. The van der Waals surface area contributed by atoms with Gasteiger partial charge in [-0.05, 0) is 0 Å². The van der Waals surface area contributed by atoms with Crippen LogP contribution < -0.4 is 0 Å². The van der Waals surface area contributed by atoms with Gasteiger partial charge in [0, 0.05) is 0 Å². The predicted octanol–water partition coefficient (Wildman–Crippen LogP) is 1.91. The molecule has 0 bridgehead atoms. The lowest BCUT2D eigenvalue weighted by atomic mass is 10.4. The average molecular weight is 217 g/mol. The summed E-state index contributed by atoms with van der Waals surface area (Å²) < 4.78 is 70.7. The molecule has 0 aliphatic heterocycles. The van der Waals surface area contributed by atoms with Crippen LogP contribution in [-0.2, 0) is 12.4 Å². The highest BCUT2D eigenvalue weighted by Gasteiger charge is 2.38. The maximum Gasteiger partial charge on any atom is 0.453 e. The molecule has 0 spiro atoms. The molecule has 0 atom stereocenters. The van der Waals surface area contributed by atoms with E-state index in [2.05, 4.69) is 15.2 Å². The topological polar surface area (TPSA) is 38.7 Å². The third-order valence-corrected chi connectivity index (χ3v) is 1.11. The largest absolute Gasteiger partial charge is 0.453 e. The zero-order valence-electron chi connectivity index (χ0n) is 6.19. The van der Waals surface area contributed by atoms with Gasteiger partial charge in [-0.2, -0.15) is 26.3 Å². The minimum absolute atomic E-state index is 0.0180. The third-order valence-electron chi connectivity index (χ3n) is 1.11. The molecule has 0 unspecified atom stereocenters. The summed E-state index contributed by atoms with van der Waals surface area (Å²) in [5.74, 6) is -1.70. The Kier molecular flexibility index (Phi) is 2.34. The van der Waals surface area contributed by atoms with E-state index in [4.69, 9.17) is 0 Å². The van der Waals surface area contributed by atoms with E-state index in [1.165, 1.54) is 0 Å². The van der Waals surface area contributed by atoms with Gasteiger partial charge >= 0.3 is 12.4 Å². The van der Waals surface area contributed by atoms with E-state index in [-0.39, 0.29) is 6.20 Å². The monoisotopic (exact) mass is 217 g/mol. The van der Waals surface area contributed by atoms with Gasteiger partial charge in [0.2, 0.25) is 0 Å². The molecule has 0 aliphatic rings. The Morgan fingerprint density at radius 1 is 0.857 bits per heavy atom. The van der Waals surface area contributed by atoms with Crippen molar-refractivity contribution in [3.63, 3.8) is 0 Å². The van der Waals surface area contributed by atoms with Crippen LogP contribution in [0.1, 0.15) is 11.5 Å². The molecule has 0 aliphatic carbocycles. The van der Waals surface area contributed by atoms with Crippen molar-refractivity contribution in [1.29, 1.82) is 0 Å². The summed E-state index contributed by atoms with van der Waals surface area (Å²) in [6.07, 6.45) is -9.75. The van der Waals surface area contributed by atoms with E-state index in [1.807, 2.05) is 0 Å². The second kappa shape index (κ2) is 3.07. The molecule has 0 fully saturated rings. The first-order chi connectivity index (χ1) is 6.21.